The van der Waals surface area contributed by atoms with E-state index in [9.17, 15) is 0 Å². The van der Waals surface area contributed by atoms with E-state index in [-0.39, 0.29) is 0 Å². The highest BCUT2D eigenvalue weighted by molar-refractivity contribution is 5.92. The molecule has 0 aliphatic carbocycles. The van der Waals surface area contributed by atoms with Crippen LogP contribution in [0.3, 0.4) is 0 Å². The fourth-order valence-corrected chi connectivity index (χ4v) is 3.94. The predicted molar refractivity (Wildman–Crippen MR) is 149 cm³/mol. The topological polar surface area (TPSA) is 108 Å². The summed E-state index contributed by atoms with van der Waals surface area (Å²) in [5.41, 5.74) is 7.47. The van der Waals surface area contributed by atoms with Gasteiger partial charge in [0.1, 0.15) is 11.2 Å². The van der Waals surface area contributed by atoms with Crippen molar-refractivity contribution in [2.24, 2.45) is 5.92 Å². The fraction of sp³-hybridized carbons (Fsp3) is 0.138. The van der Waals surface area contributed by atoms with Crippen molar-refractivity contribution in [3.63, 3.8) is 0 Å². The summed E-state index contributed by atoms with van der Waals surface area (Å²) in [7, 11) is 0. The van der Waals surface area contributed by atoms with Crippen molar-refractivity contribution in [2.45, 2.75) is 20.8 Å². The second-order valence-electron chi connectivity index (χ2n) is 9.01. The lowest BCUT2D eigenvalue weighted by molar-refractivity contribution is 0.778. The maximum absolute atomic E-state index is 4.89. The lowest BCUT2D eigenvalue weighted by Gasteiger charge is -2.13. The van der Waals surface area contributed by atoms with E-state index in [0.29, 0.717) is 17.4 Å². The number of aromatic amines is 2. The van der Waals surface area contributed by atoms with Gasteiger partial charge >= 0.3 is 0 Å². The monoisotopic (exact) mass is 488 g/mol. The molecular weight excluding hydrogens is 460 g/mol. The molecule has 5 heterocycles. The van der Waals surface area contributed by atoms with Crippen LogP contribution in [0.5, 0.6) is 0 Å². The molecule has 0 fully saturated rings. The summed E-state index contributed by atoms with van der Waals surface area (Å²) in [5.74, 6) is 0.950. The normalized spacial score (nSPS) is 12.4. The Morgan fingerprint density at radius 2 is 1.92 bits per heavy atom. The second-order valence-corrected chi connectivity index (χ2v) is 9.01. The molecule has 5 aromatic rings. The first-order chi connectivity index (χ1) is 17.9. The van der Waals surface area contributed by atoms with E-state index in [2.05, 4.69) is 62.5 Å². The minimum atomic E-state index is 0.312. The Morgan fingerprint density at radius 1 is 1.05 bits per heavy atom. The summed E-state index contributed by atoms with van der Waals surface area (Å²) >= 11 is 0. The summed E-state index contributed by atoms with van der Waals surface area (Å²) in [4.78, 5) is 21.5. The van der Waals surface area contributed by atoms with Gasteiger partial charge in [-0.15, -0.1) is 0 Å². The number of pyridine rings is 3. The van der Waals surface area contributed by atoms with Gasteiger partial charge in [0.25, 0.3) is 0 Å². The maximum Gasteiger partial charge on any atom is 0.159 e. The van der Waals surface area contributed by atoms with Crippen LogP contribution in [0.25, 0.3) is 51.5 Å². The van der Waals surface area contributed by atoms with E-state index in [1.54, 1.807) is 31.0 Å². The van der Waals surface area contributed by atoms with Crippen molar-refractivity contribution < 1.29 is 0 Å². The van der Waals surface area contributed by atoms with Crippen molar-refractivity contribution in [3.05, 3.63) is 90.2 Å². The number of allylic oxidation sites excluding steroid dienone is 2. The van der Waals surface area contributed by atoms with Crippen LogP contribution in [0.1, 0.15) is 26.3 Å². The first-order valence-corrected chi connectivity index (χ1v) is 12.0. The molecule has 0 radical (unpaired) electrons. The second kappa shape index (κ2) is 10.0. The van der Waals surface area contributed by atoms with Gasteiger partial charge in [0.05, 0.1) is 28.4 Å². The third-order valence-corrected chi connectivity index (χ3v) is 6.11. The number of anilines is 1. The molecule has 0 atom stereocenters. The summed E-state index contributed by atoms with van der Waals surface area (Å²) in [6.45, 7) is 14.6. The first-order valence-electron chi connectivity index (χ1n) is 12.0. The zero-order valence-electron chi connectivity index (χ0n) is 21.1. The summed E-state index contributed by atoms with van der Waals surface area (Å²) < 4.78 is 0. The third kappa shape index (κ3) is 4.81. The number of rotatable bonds is 7. The number of nitrogens with one attached hydrogen (secondary N) is 3. The molecular formula is C29H28N8. The number of H-pyrrole nitrogens is 2. The molecule has 184 valence electrons. The number of hydrogen-bond acceptors (Lipinski definition) is 6. The average Bonchev–Trinajstić information content (AvgIpc) is 3.52. The van der Waals surface area contributed by atoms with Crippen molar-refractivity contribution >= 4 is 34.4 Å². The van der Waals surface area contributed by atoms with Crippen LogP contribution in [-0.4, -0.2) is 35.1 Å². The molecule has 5 aromatic heterocycles. The van der Waals surface area contributed by atoms with Gasteiger partial charge in [-0.05, 0) is 48.8 Å². The Bertz CT molecular complexity index is 1720. The minimum Gasteiger partial charge on any atom is -0.358 e. The van der Waals surface area contributed by atoms with Gasteiger partial charge in [0.15, 0.2) is 5.82 Å². The van der Waals surface area contributed by atoms with E-state index in [1.165, 1.54) is 0 Å². The summed E-state index contributed by atoms with van der Waals surface area (Å²) in [6.07, 6.45) is 12.8. The quantitative estimate of drug-likeness (QED) is 0.307. The predicted octanol–water partition coefficient (Wildman–Crippen LogP) is 4.68. The van der Waals surface area contributed by atoms with Crippen LogP contribution in [-0.2, 0) is 0 Å². The molecule has 0 spiro atoms. The molecule has 3 N–H and O–H groups in total. The average molecular weight is 489 g/mol. The number of fused-ring (bicyclic) bond motifs is 1. The van der Waals surface area contributed by atoms with Gasteiger partial charge in [0.2, 0.25) is 0 Å². The Labute approximate surface area is 214 Å². The van der Waals surface area contributed by atoms with E-state index in [0.717, 1.165) is 55.4 Å². The highest BCUT2D eigenvalue weighted by Gasteiger charge is 2.15. The maximum atomic E-state index is 4.89. The van der Waals surface area contributed by atoms with Gasteiger partial charge in [-0.25, -0.2) is 4.98 Å². The van der Waals surface area contributed by atoms with Gasteiger partial charge < -0.3 is 10.3 Å². The zero-order chi connectivity index (χ0) is 25.9. The lowest BCUT2D eigenvalue weighted by Crippen LogP contribution is -2.23. The van der Waals surface area contributed by atoms with E-state index in [4.69, 9.17) is 4.98 Å². The molecule has 8 nitrogen and oxygen atoms in total. The van der Waals surface area contributed by atoms with Gasteiger partial charge in [0, 0.05) is 46.8 Å². The fourth-order valence-electron chi connectivity index (χ4n) is 3.94. The van der Waals surface area contributed by atoms with Crippen LogP contribution in [0.4, 0.5) is 5.69 Å². The molecule has 5 rings (SSSR count). The van der Waals surface area contributed by atoms with Crippen molar-refractivity contribution in [1.82, 2.24) is 35.1 Å². The summed E-state index contributed by atoms with van der Waals surface area (Å²) in [5, 5.41) is 12.8. The van der Waals surface area contributed by atoms with E-state index >= 15 is 0 Å². The summed E-state index contributed by atoms with van der Waals surface area (Å²) in [6, 6.07) is 7.78. The molecule has 0 unspecified atom stereocenters. The smallest absolute Gasteiger partial charge is 0.159 e. The van der Waals surface area contributed by atoms with E-state index < -0.39 is 0 Å². The molecule has 0 aliphatic rings. The SMILES string of the molecule is C=C(/C=c1/c(-c2nc3c(-c4cccnc4)nccc3[nH]2)n[nH]/c1=C/C)c1cncc(NC(=C)C(C)C)c1. The molecule has 0 amide bonds. The molecule has 0 bridgehead atoms. The highest BCUT2D eigenvalue weighted by Crippen LogP contribution is 2.26. The Hall–Kier alpha value is -4.85. The minimum absolute atomic E-state index is 0.312. The van der Waals surface area contributed by atoms with Crippen LogP contribution in [0, 0.1) is 5.92 Å². The van der Waals surface area contributed by atoms with Crippen LogP contribution in [0.15, 0.2) is 74.1 Å². The van der Waals surface area contributed by atoms with Crippen molar-refractivity contribution in [1.29, 1.82) is 0 Å². The Morgan fingerprint density at radius 3 is 2.68 bits per heavy atom. The molecule has 37 heavy (non-hydrogen) atoms. The Kier molecular flexibility index (Phi) is 6.47. The van der Waals surface area contributed by atoms with E-state index in [1.807, 2.05) is 43.3 Å². The van der Waals surface area contributed by atoms with Crippen LogP contribution < -0.4 is 15.9 Å². The van der Waals surface area contributed by atoms with Gasteiger partial charge in [-0.3, -0.25) is 20.1 Å². The molecule has 8 heteroatoms. The zero-order valence-corrected chi connectivity index (χ0v) is 21.1. The van der Waals surface area contributed by atoms with Crippen LogP contribution in [0.2, 0.25) is 0 Å². The van der Waals surface area contributed by atoms with Crippen molar-refractivity contribution in [3.8, 4) is 22.8 Å². The number of hydrogen-bond donors (Lipinski definition) is 3. The molecule has 0 aromatic carbocycles. The van der Waals surface area contributed by atoms with Gasteiger partial charge in [-0.2, -0.15) is 5.10 Å². The van der Waals surface area contributed by atoms with Crippen molar-refractivity contribution in [2.75, 3.05) is 5.32 Å². The Balaban J connectivity index is 1.57. The molecule has 0 aliphatic heterocycles. The molecule has 0 saturated carbocycles. The third-order valence-electron chi connectivity index (χ3n) is 6.11. The lowest BCUT2D eigenvalue weighted by atomic mass is 10.1. The largest absolute Gasteiger partial charge is 0.358 e. The molecule has 0 saturated heterocycles. The highest BCUT2D eigenvalue weighted by atomic mass is 15.1. The van der Waals surface area contributed by atoms with Gasteiger partial charge in [-0.1, -0.05) is 33.1 Å². The number of aromatic nitrogens is 7. The van der Waals surface area contributed by atoms with Crippen LogP contribution >= 0.6 is 0 Å². The number of imidazole rings is 1. The number of nitrogens with zero attached hydrogens (tertiary/aromatic N) is 5. The first kappa shape index (κ1) is 23.9. The standard InChI is InChI=1S/C29H28N8/c1-6-24-23(12-18(4)21-13-22(16-31-15-21)33-19(5)17(2)3)27(37-36-24)29-34-25-9-11-32-26(28(25)35-29)20-8-7-10-30-14-20/h6-17,33,36H,4-5H2,1-3H3,(H,34,35)/b23-12+,24-6+.